The average molecular weight is 302 g/mol. The van der Waals surface area contributed by atoms with Crippen molar-refractivity contribution in [3.05, 3.63) is 48.0 Å². The summed E-state index contributed by atoms with van der Waals surface area (Å²) in [5, 5.41) is 7.44. The summed E-state index contributed by atoms with van der Waals surface area (Å²) in [6.07, 6.45) is 3.67. The number of piperidine rings is 1. The maximum absolute atomic E-state index is 13.8. The van der Waals surface area contributed by atoms with E-state index in [1.807, 2.05) is 7.05 Å². The third kappa shape index (κ3) is 2.87. The molecule has 1 saturated heterocycles. The maximum atomic E-state index is 13.8. The number of aromatic nitrogens is 2. The van der Waals surface area contributed by atoms with E-state index in [1.54, 1.807) is 35.4 Å². The summed E-state index contributed by atoms with van der Waals surface area (Å²) in [5.41, 5.74) is 0.688. The minimum absolute atomic E-state index is 0.102. The van der Waals surface area contributed by atoms with Crippen LogP contribution in [0, 0.1) is 5.82 Å². The number of nitrogens with one attached hydrogen (secondary N) is 1. The monoisotopic (exact) mass is 302 g/mol. The second-order valence-corrected chi connectivity index (χ2v) is 5.48. The van der Waals surface area contributed by atoms with Crippen LogP contribution in [0.4, 0.5) is 4.39 Å². The highest BCUT2D eigenvalue weighted by atomic mass is 19.1. The van der Waals surface area contributed by atoms with Gasteiger partial charge in [0.1, 0.15) is 11.5 Å². The number of carbonyl (C=O) groups excluding carboxylic acids is 1. The Morgan fingerprint density at radius 3 is 2.95 bits per heavy atom. The van der Waals surface area contributed by atoms with Crippen molar-refractivity contribution in [2.24, 2.45) is 0 Å². The third-order valence-electron chi connectivity index (χ3n) is 4.02. The Balaban J connectivity index is 1.79. The number of rotatable bonds is 3. The molecule has 2 aromatic rings. The summed E-state index contributed by atoms with van der Waals surface area (Å²) in [7, 11) is 1.91. The highest BCUT2D eigenvalue weighted by Gasteiger charge is 2.25. The van der Waals surface area contributed by atoms with Gasteiger partial charge in [0.2, 0.25) is 0 Å². The highest BCUT2D eigenvalue weighted by Crippen LogP contribution is 2.15. The molecule has 5 nitrogen and oxygen atoms in total. The summed E-state index contributed by atoms with van der Waals surface area (Å²) in [4.78, 5) is 14.3. The molecule has 0 spiro atoms. The van der Waals surface area contributed by atoms with Crippen molar-refractivity contribution >= 4 is 5.91 Å². The van der Waals surface area contributed by atoms with E-state index in [4.69, 9.17) is 0 Å². The molecule has 0 aliphatic carbocycles. The molecule has 22 heavy (non-hydrogen) atoms. The Morgan fingerprint density at radius 1 is 1.36 bits per heavy atom. The molecular formula is C16H19FN4O. The van der Waals surface area contributed by atoms with Gasteiger partial charge in [0.25, 0.3) is 5.91 Å². The van der Waals surface area contributed by atoms with Gasteiger partial charge in [-0.2, -0.15) is 5.10 Å². The first kappa shape index (κ1) is 14.7. The van der Waals surface area contributed by atoms with E-state index in [2.05, 4.69) is 10.4 Å². The summed E-state index contributed by atoms with van der Waals surface area (Å²) < 4.78 is 15.2. The number of para-hydroxylation sites is 1. The fourth-order valence-corrected chi connectivity index (χ4v) is 2.77. The van der Waals surface area contributed by atoms with Gasteiger partial charge < -0.3 is 10.2 Å². The second-order valence-electron chi connectivity index (χ2n) is 5.48. The van der Waals surface area contributed by atoms with Crippen molar-refractivity contribution in [1.82, 2.24) is 20.0 Å². The van der Waals surface area contributed by atoms with E-state index in [0.29, 0.717) is 24.0 Å². The largest absolute Gasteiger partial charge is 0.336 e. The molecule has 116 valence electrons. The Hall–Kier alpha value is -2.21. The Labute approximate surface area is 128 Å². The molecule has 0 bridgehead atoms. The predicted molar refractivity (Wildman–Crippen MR) is 81.5 cm³/mol. The first-order valence-electron chi connectivity index (χ1n) is 7.46. The number of amides is 1. The first-order valence-corrected chi connectivity index (χ1v) is 7.46. The van der Waals surface area contributed by atoms with Gasteiger partial charge in [0, 0.05) is 25.3 Å². The van der Waals surface area contributed by atoms with Gasteiger partial charge in [-0.05, 0) is 38.1 Å². The lowest BCUT2D eigenvalue weighted by molar-refractivity contribution is 0.0691. The number of hydrogen-bond acceptors (Lipinski definition) is 3. The minimum Gasteiger partial charge on any atom is -0.336 e. The third-order valence-corrected chi connectivity index (χ3v) is 4.02. The zero-order chi connectivity index (χ0) is 15.5. The standard InChI is InChI=1S/C16H19FN4O/c1-18-12-5-4-9-20(11-12)16(22)14-8-10-21(19-14)15-7-3-2-6-13(15)17/h2-3,6-8,10,12,18H,4-5,9,11H2,1H3. The topological polar surface area (TPSA) is 50.2 Å². The van der Waals surface area contributed by atoms with Gasteiger partial charge in [0.15, 0.2) is 5.69 Å². The maximum Gasteiger partial charge on any atom is 0.274 e. The quantitative estimate of drug-likeness (QED) is 0.941. The Morgan fingerprint density at radius 2 is 2.18 bits per heavy atom. The number of likely N-dealkylation sites (N-methyl/N-ethyl adjacent to an activating group) is 1. The van der Waals surface area contributed by atoms with Crippen LogP contribution in [0.2, 0.25) is 0 Å². The van der Waals surface area contributed by atoms with Crippen LogP contribution in [0.5, 0.6) is 0 Å². The lowest BCUT2D eigenvalue weighted by Gasteiger charge is -2.32. The van der Waals surface area contributed by atoms with Crippen molar-refractivity contribution in [3.63, 3.8) is 0 Å². The lowest BCUT2D eigenvalue weighted by atomic mass is 10.1. The number of benzene rings is 1. The van der Waals surface area contributed by atoms with Gasteiger partial charge in [-0.15, -0.1) is 0 Å². The first-order chi connectivity index (χ1) is 10.7. The molecule has 1 N–H and O–H groups in total. The molecule has 1 aliphatic rings. The number of likely N-dealkylation sites (tertiary alicyclic amines) is 1. The molecule has 0 saturated carbocycles. The SMILES string of the molecule is CNC1CCCN(C(=O)c2ccn(-c3ccccc3F)n2)C1. The number of hydrogen-bond donors (Lipinski definition) is 1. The van der Waals surface area contributed by atoms with Crippen LogP contribution < -0.4 is 5.32 Å². The molecular weight excluding hydrogens is 283 g/mol. The van der Waals surface area contributed by atoms with Gasteiger partial charge in [0.05, 0.1) is 0 Å². The van der Waals surface area contributed by atoms with Crippen molar-refractivity contribution in [2.75, 3.05) is 20.1 Å². The van der Waals surface area contributed by atoms with Crippen molar-refractivity contribution in [1.29, 1.82) is 0 Å². The van der Waals surface area contributed by atoms with Crippen LogP contribution >= 0.6 is 0 Å². The summed E-state index contributed by atoms with van der Waals surface area (Å²) in [5.74, 6) is -0.465. The minimum atomic E-state index is -0.363. The molecule has 1 fully saturated rings. The molecule has 1 amide bonds. The Kier molecular flexibility index (Phi) is 4.20. The van der Waals surface area contributed by atoms with E-state index in [9.17, 15) is 9.18 Å². The molecule has 1 aliphatic heterocycles. The fourth-order valence-electron chi connectivity index (χ4n) is 2.77. The number of halogens is 1. The summed E-state index contributed by atoms with van der Waals surface area (Å²) >= 11 is 0. The number of nitrogens with zero attached hydrogens (tertiary/aromatic N) is 3. The molecule has 1 unspecified atom stereocenters. The summed E-state index contributed by atoms with van der Waals surface area (Å²) in [6.45, 7) is 1.42. The van der Waals surface area contributed by atoms with E-state index >= 15 is 0 Å². The molecule has 6 heteroatoms. The van der Waals surface area contributed by atoms with E-state index < -0.39 is 0 Å². The van der Waals surface area contributed by atoms with Crippen molar-refractivity contribution in [2.45, 2.75) is 18.9 Å². The van der Waals surface area contributed by atoms with Crippen molar-refractivity contribution < 1.29 is 9.18 Å². The van der Waals surface area contributed by atoms with E-state index in [-0.39, 0.29) is 11.7 Å². The van der Waals surface area contributed by atoms with Crippen LogP contribution in [-0.4, -0.2) is 46.8 Å². The summed E-state index contributed by atoms with van der Waals surface area (Å²) in [6, 6.07) is 8.34. The smallest absolute Gasteiger partial charge is 0.274 e. The van der Waals surface area contributed by atoms with Gasteiger partial charge >= 0.3 is 0 Å². The highest BCUT2D eigenvalue weighted by molar-refractivity contribution is 5.92. The second kappa shape index (κ2) is 6.27. The van der Waals surface area contributed by atoms with Gasteiger partial charge in [-0.25, -0.2) is 9.07 Å². The molecule has 1 atom stereocenters. The van der Waals surface area contributed by atoms with Crippen LogP contribution in [-0.2, 0) is 0 Å². The zero-order valence-corrected chi connectivity index (χ0v) is 12.5. The molecule has 1 aromatic heterocycles. The fraction of sp³-hybridized carbons (Fsp3) is 0.375. The normalized spacial score (nSPS) is 18.5. The number of carbonyl (C=O) groups is 1. The van der Waals surface area contributed by atoms with Crippen LogP contribution in [0.25, 0.3) is 5.69 Å². The predicted octanol–water partition coefficient (Wildman–Crippen LogP) is 1.84. The van der Waals surface area contributed by atoms with E-state index in [1.165, 1.54) is 10.7 Å². The zero-order valence-electron chi connectivity index (χ0n) is 12.5. The molecule has 0 radical (unpaired) electrons. The molecule has 2 heterocycles. The van der Waals surface area contributed by atoms with Crippen LogP contribution in [0.15, 0.2) is 36.5 Å². The molecule has 3 rings (SSSR count). The van der Waals surface area contributed by atoms with Gasteiger partial charge in [-0.3, -0.25) is 4.79 Å². The molecule has 1 aromatic carbocycles. The lowest BCUT2D eigenvalue weighted by Crippen LogP contribution is -2.47. The van der Waals surface area contributed by atoms with E-state index in [0.717, 1.165) is 19.4 Å². The Bertz CT molecular complexity index is 670. The van der Waals surface area contributed by atoms with Gasteiger partial charge in [-0.1, -0.05) is 12.1 Å². The average Bonchev–Trinajstić information content (AvgIpc) is 3.04. The van der Waals surface area contributed by atoms with Crippen molar-refractivity contribution in [3.8, 4) is 5.69 Å². The van der Waals surface area contributed by atoms with Crippen LogP contribution in [0.3, 0.4) is 0 Å². The van der Waals surface area contributed by atoms with Crippen LogP contribution in [0.1, 0.15) is 23.3 Å².